The van der Waals surface area contributed by atoms with E-state index in [4.69, 9.17) is 14.2 Å². The molecule has 2 aromatic carbocycles. The molecule has 0 aliphatic rings. The number of methoxy groups -OCH3 is 2. The number of esters is 1. The van der Waals surface area contributed by atoms with Gasteiger partial charge in [0.1, 0.15) is 17.3 Å². The maximum absolute atomic E-state index is 13.0. The third kappa shape index (κ3) is 4.70. The minimum Gasteiger partial charge on any atom is -0.497 e. The van der Waals surface area contributed by atoms with Crippen LogP contribution in [0.25, 0.3) is 0 Å². The fourth-order valence-electron chi connectivity index (χ4n) is 1.91. The molecule has 0 saturated heterocycles. The van der Waals surface area contributed by atoms with Crippen LogP contribution in [0.5, 0.6) is 11.5 Å². The van der Waals surface area contributed by atoms with Gasteiger partial charge >= 0.3 is 5.97 Å². The smallest absolute Gasteiger partial charge is 0.338 e. The Morgan fingerprint density at radius 1 is 1.04 bits per heavy atom. The Bertz CT molecular complexity index is 725. The van der Waals surface area contributed by atoms with Crippen LogP contribution in [0, 0.1) is 5.82 Å². The van der Waals surface area contributed by atoms with Gasteiger partial charge in [-0.2, -0.15) is 0 Å². The summed E-state index contributed by atoms with van der Waals surface area (Å²) in [6, 6.07) is 9.86. The molecule has 0 bridgehead atoms. The number of rotatable bonds is 6. The standard InChI is InChI=1S/C17H16FNO5/c1-22-14-7-13(8-15(9-14)23-2)19-16(20)10-24-17(21)11-4-3-5-12(18)6-11/h3-9H,10H2,1-2H3,(H,19,20). The molecule has 126 valence electrons. The second-order valence-electron chi connectivity index (χ2n) is 4.74. The van der Waals surface area contributed by atoms with Crippen LogP contribution in [-0.2, 0) is 9.53 Å². The molecule has 0 radical (unpaired) electrons. The molecule has 0 heterocycles. The molecule has 0 unspecified atom stereocenters. The molecular weight excluding hydrogens is 317 g/mol. The van der Waals surface area contributed by atoms with E-state index in [2.05, 4.69) is 5.32 Å². The van der Waals surface area contributed by atoms with Crippen molar-refractivity contribution in [2.45, 2.75) is 0 Å². The molecular formula is C17H16FNO5. The number of halogens is 1. The van der Waals surface area contributed by atoms with Gasteiger partial charge in [-0.15, -0.1) is 0 Å². The number of anilines is 1. The highest BCUT2D eigenvalue weighted by molar-refractivity contribution is 5.95. The molecule has 0 aliphatic heterocycles. The lowest BCUT2D eigenvalue weighted by molar-refractivity contribution is -0.119. The Labute approximate surface area is 138 Å². The summed E-state index contributed by atoms with van der Waals surface area (Å²) >= 11 is 0. The first-order valence-corrected chi connectivity index (χ1v) is 6.97. The van der Waals surface area contributed by atoms with Crippen molar-refractivity contribution in [3.63, 3.8) is 0 Å². The van der Waals surface area contributed by atoms with Crippen LogP contribution in [0.4, 0.5) is 10.1 Å². The van der Waals surface area contributed by atoms with Crippen molar-refractivity contribution in [2.75, 3.05) is 26.1 Å². The second kappa shape index (κ2) is 7.96. The Kier molecular flexibility index (Phi) is 5.73. The first kappa shape index (κ1) is 17.3. The quantitative estimate of drug-likeness (QED) is 0.823. The van der Waals surface area contributed by atoms with Gasteiger partial charge in [0.05, 0.1) is 19.8 Å². The minimum absolute atomic E-state index is 0.0332. The van der Waals surface area contributed by atoms with Crippen molar-refractivity contribution in [3.05, 3.63) is 53.8 Å². The van der Waals surface area contributed by atoms with Gasteiger partial charge in [-0.3, -0.25) is 4.79 Å². The van der Waals surface area contributed by atoms with Gasteiger partial charge < -0.3 is 19.5 Å². The number of amides is 1. The van der Waals surface area contributed by atoms with Crippen LogP contribution in [-0.4, -0.2) is 32.7 Å². The number of hydrogen-bond donors (Lipinski definition) is 1. The van der Waals surface area contributed by atoms with Crippen molar-refractivity contribution in [2.24, 2.45) is 0 Å². The number of nitrogens with one attached hydrogen (secondary N) is 1. The number of carbonyl (C=O) groups excluding carboxylic acids is 2. The Hall–Kier alpha value is -3.09. The lowest BCUT2D eigenvalue weighted by atomic mass is 10.2. The lowest BCUT2D eigenvalue weighted by Gasteiger charge is -2.10. The average molecular weight is 333 g/mol. The Morgan fingerprint density at radius 3 is 2.29 bits per heavy atom. The zero-order chi connectivity index (χ0) is 17.5. The summed E-state index contributed by atoms with van der Waals surface area (Å²) in [5.41, 5.74) is 0.462. The van der Waals surface area contributed by atoms with E-state index in [-0.39, 0.29) is 5.56 Å². The van der Waals surface area contributed by atoms with Crippen molar-refractivity contribution in [1.29, 1.82) is 0 Å². The topological polar surface area (TPSA) is 73.9 Å². The molecule has 1 N–H and O–H groups in total. The van der Waals surface area contributed by atoms with E-state index in [1.165, 1.54) is 32.4 Å². The van der Waals surface area contributed by atoms with E-state index >= 15 is 0 Å². The molecule has 24 heavy (non-hydrogen) atoms. The number of benzene rings is 2. The molecule has 0 saturated carbocycles. The summed E-state index contributed by atoms with van der Waals surface area (Å²) in [6.07, 6.45) is 0. The van der Waals surface area contributed by atoms with Gasteiger partial charge in [-0.25, -0.2) is 9.18 Å². The van der Waals surface area contributed by atoms with Crippen LogP contribution < -0.4 is 14.8 Å². The Balaban J connectivity index is 1.95. The highest BCUT2D eigenvalue weighted by Gasteiger charge is 2.12. The molecule has 7 heteroatoms. The molecule has 0 aromatic heterocycles. The largest absolute Gasteiger partial charge is 0.497 e. The van der Waals surface area contributed by atoms with Gasteiger partial charge in [-0.1, -0.05) is 6.07 Å². The molecule has 0 spiro atoms. The van der Waals surface area contributed by atoms with E-state index in [0.29, 0.717) is 17.2 Å². The predicted molar refractivity (Wildman–Crippen MR) is 84.9 cm³/mol. The van der Waals surface area contributed by atoms with Gasteiger partial charge in [0.2, 0.25) is 0 Å². The van der Waals surface area contributed by atoms with E-state index < -0.39 is 24.3 Å². The van der Waals surface area contributed by atoms with Gasteiger partial charge in [0.25, 0.3) is 5.91 Å². The highest BCUT2D eigenvalue weighted by Crippen LogP contribution is 2.25. The van der Waals surface area contributed by atoms with Crippen molar-refractivity contribution in [3.8, 4) is 11.5 Å². The number of carbonyl (C=O) groups is 2. The molecule has 1 amide bonds. The van der Waals surface area contributed by atoms with Crippen LogP contribution >= 0.6 is 0 Å². The van der Waals surface area contributed by atoms with Crippen molar-refractivity contribution < 1.29 is 28.2 Å². The summed E-state index contributed by atoms with van der Waals surface area (Å²) in [5, 5.41) is 2.56. The summed E-state index contributed by atoms with van der Waals surface area (Å²) in [7, 11) is 2.97. The van der Waals surface area contributed by atoms with Crippen LogP contribution in [0.15, 0.2) is 42.5 Å². The van der Waals surface area contributed by atoms with Crippen molar-refractivity contribution >= 4 is 17.6 Å². The van der Waals surface area contributed by atoms with E-state index in [1.54, 1.807) is 18.2 Å². The molecule has 2 aromatic rings. The Morgan fingerprint density at radius 2 is 1.71 bits per heavy atom. The maximum Gasteiger partial charge on any atom is 0.338 e. The fourth-order valence-corrected chi connectivity index (χ4v) is 1.91. The van der Waals surface area contributed by atoms with Gasteiger partial charge in [-0.05, 0) is 18.2 Å². The summed E-state index contributed by atoms with van der Waals surface area (Å²) in [6.45, 7) is -0.505. The summed E-state index contributed by atoms with van der Waals surface area (Å²) in [5.74, 6) is -0.886. The van der Waals surface area contributed by atoms with Crippen molar-refractivity contribution in [1.82, 2.24) is 0 Å². The van der Waals surface area contributed by atoms with E-state index in [1.807, 2.05) is 0 Å². The highest BCUT2D eigenvalue weighted by atomic mass is 19.1. The van der Waals surface area contributed by atoms with Gasteiger partial charge in [0.15, 0.2) is 6.61 Å². The molecule has 0 atom stereocenters. The summed E-state index contributed by atoms with van der Waals surface area (Å²) < 4.78 is 28.1. The zero-order valence-electron chi connectivity index (χ0n) is 13.2. The molecule has 0 fully saturated rings. The fraction of sp³-hybridized carbons (Fsp3) is 0.176. The van der Waals surface area contributed by atoms with Crippen LogP contribution in [0.3, 0.4) is 0 Å². The van der Waals surface area contributed by atoms with Crippen LogP contribution in [0.2, 0.25) is 0 Å². The van der Waals surface area contributed by atoms with Gasteiger partial charge in [0, 0.05) is 23.9 Å². The monoisotopic (exact) mass is 333 g/mol. The average Bonchev–Trinajstić information content (AvgIpc) is 2.59. The number of hydrogen-bond acceptors (Lipinski definition) is 5. The second-order valence-corrected chi connectivity index (χ2v) is 4.74. The normalized spacial score (nSPS) is 9.96. The first-order chi connectivity index (χ1) is 11.5. The molecule has 2 rings (SSSR count). The number of ether oxygens (including phenoxy) is 3. The van der Waals surface area contributed by atoms with Crippen LogP contribution in [0.1, 0.15) is 10.4 Å². The predicted octanol–water partition coefficient (Wildman–Crippen LogP) is 2.64. The van der Waals surface area contributed by atoms with E-state index in [0.717, 1.165) is 6.07 Å². The lowest BCUT2D eigenvalue weighted by Crippen LogP contribution is -2.21. The van der Waals surface area contributed by atoms with E-state index in [9.17, 15) is 14.0 Å². The first-order valence-electron chi connectivity index (χ1n) is 6.97. The molecule has 6 nitrogen and oxygen atoms in total. The summed E-state index contributed by atoms with van der Waals surface area (Å²) in [4.78, 5) is 23.6. The SMILES string of the molecule is COc1cc(NC(=O)COC(=O)c2cccc(F)c2)cc(OC)c1. The minimum atomic E-state index is -0.784. The third-order valence-corrected chi connectivity index (χ3v) is 3.03. The maximum atomic E-state index is 13.0. The zero-order valence-corrected chi connectivity index (χ0v) is 13.2. The third-order valence-electron chi connectivity index (χ3n) is 3.03. The molecule has 0 aliphatic carbocycles.